The van der Waals surface area contributed by atoms with Crippen LogP contribution in [0.4, 0.5) is 0 Å². The molecule has 0 saturated heterocycles. The van der Waals surface area contributed by atoms with E-state index >= 15 is 0 Å². The van der Waals surface area contributed by atoms with E-state index in [1.165, 1.54) is 0 Å². The van der Waals surface area contributed by atoms with E-state index in [4.69, 9.17) is 4.43 Å². The molecule has 0 rings (SSSR count). The molecule has 0 unspecified atom stereocenters. The highest BCUT2D eigenvalue weighted by Crippen LogP contribution is 1.95. The van der Waals surface area contributed by atoms with Crippen LogP contribution in [0.2, 0.25) is 32.7 Å². The summed E-state index contributed by atoms with van der Waals surface area (Å²) in [5.41, 5.74) is 3.26. The molecule has 63 valence electrons. The van der Waals surface area contributed by atoms with Gasteiger partial charge in [-0.1, -0.05) is 25.6 Å². The molecule has 11 heavy (non-hydrogen) atoms. The Labute approximate surface area is 72.9 Å². The van der Waals surface area contributed by atoms with E-state index in [1.807, 2.05) is 0 Å². The molecule has 0 aromatic rings. The van der Waals surface area contributed by atoms with Gasteiger partial charge < -0.3 is 4.43 Å². The van der Waals surface area contributed by atoms with Crippen molar-refractivity contribution in [2.75, 3.05) is 6.61 Å². The highest BCUT2D eigenvalue weighted by Gasteiger charge is 2.06. The van der Waals surface area contributed by atoms with Gasteiger partial charge in [0, 0.05) is 0 Å². The van der Waals surface area contributed by atoms with Gasteiger partial charge in [0.2, 0.25) is 9.04 Å². The summed E-state index contributed by atoms with van der Waals surface area (Å²) < 4.78 is 5.39. The van der Waals surface area contributed by atoms with Crippen LogP contribution < -0.4 is 0 Å². The van der Waals surface area contributed by atoms with Crippen molar-refractivity contribution < 1.29 is 4.43 Å². The van der Waals surface area contributed by atoms with Gasteiger partial charge in [-0.3, -0.25) is 0 Å². The standard InChI is InChI=1S/C8H17OSi2/c1-10(2)9-7-6-8-11(3,4)5/h7H2,1-5H3. The van der Waals surface area contributed by atoms with Crippen molar-refractivity contribution in [2.24, 2.45) is 0 Å². The zero-order valence-electron chi connectivity index (χ0n) is 8.12. The van der Waals surface area contributed by atoms with Gasteiger partial charge in [-0.05, 0) is 13.1 Å². The summed E-state index contributed by atoms with van der Waals surface area (Å²) in [4.78, 5) is 0. The first-order chi connectivity index (χ1) is 4.92. The van der Waals surface area contributed by atoms with Gasteiger partial charge in [0.1, 0.15) is 8.07 Å². The molecule has 0 aliphatic heterocycles. The average molecular weight is 185 g/mol. The molecule has 0 fully saturated rings. The van der Waals surface area contributed by atoms with Crippen LogP contribution in [0.15, 0.2) is 0 Å². The van der Waals surface area contributed by atoms with Crippen LogP contribution in [0.1, 0.15) is 0 Å². The first kappa shape index (κ1) is 11.0. The van der Waals surface area contributed by atoms with Crippen LogP contribution in [0.5, 0.6) is 0 Å². The molecule has 0 aromatic carbocycles. The van der Waals surface area contributed by atoms with E-state index in [0.29, 0.717) is 6.61 Å². The average Bonchev–Trinajstić information content (AvgIpc) is 1.78. The Morgan fingerprint density at radius 3 is 2.18 bits per heavy atom. The van der Waals surface area contributed by atoms with Gasteiger partial charge in [0.05, 0.1) is 6.61 Å². The normalized spacial score (nSPS) is 11.1. The van der Waals surface area contributed by atoms with Crippen LogP contribution in [0.25, 0.3) is 0 Å². The third kappa shape index (κ3) is 9.95. The fraction of sp³-hybridized carbons (Fsp3) is 0.750. The number of rotatable bonds is 2. The fourth-order valence-electron chi connectivity index (χ4n) is 0.482. The third-order valence-electron chi connectivity index (χ3n) is 0.896. The molecule has 0 N–H and O–H groups in total. The van der Waals surface area contributed by atoms with Crippen molar-refractivity contribution in [3.05, 3.63) is 0 Å². The Morgan fingerprint density at radius 1 is 1.27 bits per heavy atom. The molecule has 0 aromatic heterocycles. The third-order valence-corrected chi connectivity index (χ3v) is 2.54. The van der Waals surface area contributed by atoms with Crippen LogP contribution in [0, 0.1) is 11.5 Å². The summed E-state index contributed by atoms with van der Waals surface area (Å²) >= 11 is 0. The van der Waals surface area contributed by atoms with Crippen molar-refractivity contribution in [3.63, 3.8) is 0 Å². The van der Waals surface area contributed by atoms with Crippen LogP contribution in [-0.2, 0) is 4.43 Å². The van der Waals surface area contributed by atoms with Gasteiger partial charge in [-0.25, -0.2) is 0 Å². The highest BCUT2D eigenvalue weighted by molar-refractivity contribution is 6.83. The van der Waals surface area contributed by atoms with E-state index in [1.54, 1.807) is 0 Å². The highest BCUT2D eigenvalue weighted by atomic mass is 28.3. The quantitative estimate of drug-likeness (QED) is 0.473. The SMILES string of the molecule is C[Si](C)OCC#C[Si](C)(C)C. The monoisotopic (exact) mass is 185 g/mol. The summed E-state index contributed by atoms with van der Waals surface area (Å²) in [5, 5.41) is 0. The molecule has 3 heteroatoms. The maximum Gasteiger partial charge on any atom is 0.206 e. The van der Waals surface area contributed by atoms with E-state index < -0.39 is 17.1 Å². The van der Waals surface area contributed by atoms with Gasteiger partial charge in [-0.15, -0.1) is 5.54 Å². The Balaban J connectivity index is 3.57. The van der Waals surface area contributed by atoms with Crippen LogP contribution in [0.3, 0.4) is 0 Å². The fourth-order valence-corrected chi connectivity index (χ4v) is 1.45. The van der Waals surface area contributed by atoms with E-state index in [9.17, 15) is 0 Å². The van der Waals surface area contributed by atoms with E-state index in [2.05, 4.69) is 44.2 Å². The molecule has 0 atom stereocenters. The summed E-state index contributed by atoms with van der Waals surface area (Å²) in [5.74, 6) is 3.07. The van der Waals surface area contributed by atoms with E-state index in [0.717, 1.165) is 0 Å². The summed E-state index contributed by atoms with van der Waals surface area (Å²) in [7, 11) is -1.70. The molecule has 0 aliphatic carbocycles. The van der Waals surface area contributed by atoms with Gasteiger partial charge >= 0.3 is 0 Å². The minimum atomic E-state index is -1.16. The molecule has 0 aliphatic rings. The first-order valence-electron chi connectivity index (χ1n) is 3.85. The second kappa shape index (κ2) is 4.76. The zero-order valence-corrected chi connectivity index (χ0v) is 10.1. The van der Waals surface area contributed by atoms with Crippen molar-refractivity contribution in [3.8, 4) is 11.5 Å². The van der Waals surface area contributed by atoms with Crippen LogP contribution >= 0.6 is 0 Å². The molecule has 0 spiro atoms. The second-order valence-electron chi connectivity index (χ2n) is 3.75. The predicted octanol–water partition coefficient (Wildman–Crippen LogP) is 2.13. The maximum atomic E-state index is 5.39. The van der Waals surface area contributed by atoms with Crippen molar-refractivity contribution in [2.45, 2.75) is 32.7 Å². The largest absolute Gasteiger partial charge is 0.406 e. The van der Waals surface area contributed by atoms with Crippen molar-refractivity contribution >= 4 is 17.1 Å². The first-order valence-corrected chi connectivity index (χ1v) is 9.75. The Morgan fingerprint density at radius 2 is 1.82 bits per heavy atom. The number of hydrogen-bond acceptors (Lipinski definition) is 1. The summed E-state index contributed by atoms with van der Waals surface area (Å²) in [6, 6.07) is 0. The van der Waals surface area contributed by atoms with Crippen LogP contribution in [-0.4, -0.2) is 23.7 Å². The zero-order chi connectivity index (χ0) is 8.91. The van der Waals surface area contributed by atoms with Gasteiger partial charge in [0.25, 0.3) is 0 Å². The number of hydrogen-bond donors (Lipinski definition) is 0. The minimum Gasteiger partial charge on any atom is -0.406 e. The topological polar surface area (TPSA) is 9.23 Å². The molecule has 0 saturated carbocycles. The Kier molecular flexibility index (Phi) is 4.74. The Hall–Kier alpha value is -0.0462. The lowest BCUT2D eigenvalue weighted by Crippen LogP contribution is -2.17. The molecule has 0 bridgehead atoms. The van der Waals surface area contributed by atoms with Crippen molar-refractivity contribution in [1.29, 1.82) is 0 Å². The lowest BCUT2D eigenvalue weighted by atomic mass is 10.8. The summed E-state index contributed by atoms with van der Waals surface area (Å²) in [6.45, 7) is 11.6. The predicted molar refractivity (Wildman–Crippen MR) is 54.6 cm³/mol. The van der Waals surface area contributed by atoms with Crippen molar-refractivity contribution in [1.82, 2.24) is 0 Å². The molecular formula is C8H17OSi2. The molecular weight excluding hydrogens is 168 g/mol. The lowest BCUT2D eigenvalue weighted by Gasteiger charge is -2.04. The minimum absolute atomic E-state index is 0.539. The van der Waals surface area contributed by atoms with E-state index in [-0.39, 0.29) is 0 Å². The summed E-state index contributed by atoms with van der Waals surface area (Å²) in [6.07, 6.45) is 0. The smallest absolute Gasteiger partial charge is 0.206 e. The van der Waals surface area contributed by atoms with Gasteiger partial charge in [0.15, 0.2) is 0 Å². The molecule has 0 amide bonds. The molecule has 1 nitrogen and oxygen atoms in total. The molecule has 0 heterocycles. The molecule has 1 radical (unpaired) electrons. The Bertz CT molecular complexity index is 159. The second-order valence-corrected chi connectivity index (χ2v) is 10.6. The van der Waals surface area contributed by atoms with Gasteiger partial charge in [-0.2, -0.15) is 0 Å². The lowest BCUT2D eigenvalue weighted by molar-refractivity contribution is 0.382. The maximum absolute atomic E-state index is 5.39.